The number of benzene rings is 2. The topological polar surface area (TPSA) is 84.1 Å². The van der Waals surface area contributed by atoms with Crippen molar-refractivity contribution in [2.45, 2.75) is 39.7 Å². The number of ether oxygens (including phenoxy) is 1. The Morgan fingerprint density at radius 3 is 2.17 bits per heavy atom. The summed E-state index contributed by atoms with van der Waals surface area (Å²) in [6, 6.07) is 12.8. The van der Waals surface area contributed by atoms with Gasteiger partial charge in [0, 0.05) is 12.0 Å². The van der Waals surface area contributed by atoms with Gasteiger partial charge < -0.3 is 15.0 Å². The van der Waals surface area contributed by atoms with Crippen molar-refractivity contribution >= 4 is 5.91 Å². The Morgan fingerprint density at radius 1 is 1.07 bits per heavy atom. The van der Waals surface area contributed by atoms with E-state index in [4.69, 9.17) is 4.74 Å². The molecule has 1 aromatic heterocycles. The molecule has 0 aliphatic rings. The summed E-state index contributed by atoms with van der Waals surface area (Å²) in [6.45, 7) is 7.71. The molecule has 0 unspecified atom stereocenters. The lowest BCUT2D eigenvalue weighted by atomic mass is 9.95. The summed E-state index contributed by atoms with van der Waals surface area (Å²) in [5.74, 6) is 0.849. The molecule has 0 radical (unpaired) electrons. The van der Waals surface area contributed by atoms with Crippen LogP contribution in [0.3, 0.4) is 0 Å². The lowest BCUT2D eigenvalue weighted by Gasteiger charge is -2.18. The third-order valence-electron chi connectivity index (χ3n) is 4.46. The van der Waals surface area contributed by atoms with E-state index in [9.17, 15) is 14.0 Å². The van der Waals surface area contributed by atoms with Crippen molar-refractivity contribution in [3.63, 3.8) is 0 Å². The van der Waals surface area contributed by atoms with Crippen LogP contribution in [0.2, 0.25) is 0 Å². The fourth-order valence-corrected chi connectivity index (χ4v) is 2.79. The average molecular weight is 409 g/mol. The SMILES string of the molecule is Cc1nc(C(C)(C)C)[nH]c(=O)c1C(=O)NCc1ccc(Oc2ccc(F)cc2)cc1. The van der Waals surface area contributed by atoms with Gasteiger partial charge >= 0.3 is 0 Å². The van der Waals surface area contributed by atoms with Crippen LogP contribution in [-0.2, 0) is 12.0 Å². The van der Waals surface area contributed by atoms with E-state index in [0.717, 1.165) is 5.56 Å². The molecule has 0 aliphatic carbocycles. The Hall–Kier alpha value is -3.48. The number of rotatable bonds is 5. The normalized spacial score (nSPS) is 11.2. The first kappa shape index (κ1) is 21.2. The first-order valence-corrected chi connectivity index (χ1v) is 9.55. The zero-order valence-electron chi connectivity index (χ0n) is 17.4. The van der Waals surface area contributed by atoms with Gasteiger partial charge in [0.2, 0.25) is 0 Å². The van der Waals surface area contributed by atoms with Crippen LogP contribution in [-0.4, -0.2) is 15.9 Å². The molecule has 2 N–H and O–H groups in total. The Bertz CT molecular complexity index is 1100. The zero-order valence-corrected chi connectivity index (χ0v) is 17.4. The van der Waals surface area contributed by atoms with Gasteiger partial charge in [0.05, 0.1) is 5.69 Å². The molecule has 0 fully saturated rings. The maximum absolute atomic E-state index is 13.0. The molecule has 1 amide bonds. The molecule has 0 saturated carbocycles. The molecule has 3 aromatic rings. The lowest BCUT2D eigenvalue weighted by molar-refractivity contribution is 0.0948. The van der Waals surface area contributed by atoms with Gasteiger partial charge in [-0.2, -0.15) is 0 Å². The van der Waals surface area contributed by atoms with E-state index in [-0.39, 0.29) is 23.3 Å². The highest BCUT2D eigenvalue weighted by atomic mass is 19.1. The van der Waals surface area contributed by atoms with Crippen LogP contribution in [0.5, 0.6) is 11.5 Å². The standard InChI is InChI=1S/C23H24FN3O3/c1-14-19(21(29)27-22(26-14)23(2,3)4)20(28)25-13-15-5-9-17(10-6-15)30-18-11-7-16(24)8-12-18/h5-12H,13H2,1-4H3,(H,25,28)(H,26,27,29). The van der Waals surface area contributed by atoms with E-state index in [1.54, 1.807) is 43.3 Å². The van der Waals surface area contributed by atoms with Crippen LogP contribution in [0.1, 0.15) is 48.2 Å². The molecule has 156 valence electrons. The van der Waals surface area contributed by atoms with Gasteiger partial charge in [0.15, 0.2) is 0 Å². The molecule has 6 nitrogen and oxygen atoms in total. The molecule has 0 aliphatic heterocycles. The second-order valence-corrected chi connectivity index (χ2v) is 8.01. The number of nitrogens with one attached hydrogen (secondary N) is 2. The number of nitrogens with zero attached hydrogens (tertiary/aromatic N) is 1. The average Bonchev–Trinajstić information content (AvgIpc) is 2.68. The molecule has 7 heteroatoms. The van der Waals surface area contributed by atoms with Gasteiger partial charge in [0.1, 0.15) is 28.7 Å². The van der Waals surface area contributed by atoms with Crippen molar-refractivity contribution in [2.75, 3.05) is 0 Å². The maximum Gasteiger partial charge on any atom is 0.264 e. The summed E-state index contributed by atoms with van der Waals surface area (Å²) in [6.07, 6.45) is 0. The summed E-state index contributed by atoms with van der Waals surface area (Å²) >= 11 is 0. The van der Waals surface area contributed by atoms with E-state index in [2.05, 4.69) is 15.3 Å². The zero-order chi connectivity index (χ0) is 21.9. The van der Waals surface area contributed by atoms with Crippen LogP contribution in [0.15, 0.2) is 53.3 Å². The third kappa shape index (κ3) is 5.11. The van der Waals surface area contributed by atoms with Crippen molar-refractivity contribution in [1.82, 2.24) is 15.3 Å². The van der Waals surface area contributed by atoms with Crippen LogP contribution >= 0.6 is 0 Å². The number of hydrogen-bond donors (Lipinski definition) is 2. The predicted molar refractivity (Wildman–Crippen MR) is 112 cm³/mol. The molecular formula is C23H24FN3O3. The number of H-pyrrole nitrogens is 1. The number of hydrogen-bond acceptors (Lipinski definition) is 4. The summed E-state index contributed by atoms with van der Waals surface area (Å²) in [5, 5.41) is 2.75. The van der Waals surface area contributed by atoms with Crippen molar-refractivity contribution in [1.29, 1.82) is 0 Å². The maximum atomic E-state index is 13.0. The quantitative estimate of drug-likeness (QED) is 0.660. The van der Waals surface area contributed by atoms with Crippen molar-refractivity contribution < 1.29 is 13.9 Å². The Morgan fingerprint density at radius 2 is 1.63 bits per heavy atom. The summed E-state index contributed by atoms with van der Waals surface area (Å²) < 4.78 is 18.6. The van der Waals surface area contributed by atoms with Crippen LogP contribution in [0.25, 0.3) is 0 Å². The highest BCUT2D eigenvalue weighted by molar-refractivity contribution is 5.94. The molecule has 0 bridgehead atoms. The highest BCUT2D eigenvalue weighted by Crippen LogP contribution is 2.22. The lowest BCUT2D eigenvalue weighted by Crippen LogP contribution is -2.33. The first-order chi connectivity index (χ1) is 14.1. The number of halogens is 1. The molecular weight excluding hydrogens is 385 g/mol. The predicted octanol–water partition coefficient (Wildman–Crippen LogP) is 4.24. The minimum Gasteiger partial charge on any atom is -0.457 e. The second kappa shape index (κ2) is 8.49. The van der Waals surface area contributed by atoms with Gasteiger partial charge in [-0.15, -0.1) is 0 Å². The molecule has 0 saturated heterocycles. The summed E-state index contributed by atoms with van der Waals surface area (Å²) in [7, 11) is 0. The largest absolute Gasteiger partial charge is 0.457 e. The van der Waals surface area contributed by atoms with Crippen LogP contribution < -0.4 is 15.6 Å². The van der Waals surface area contributed by atoms with Gasteiger partial charge in [0.25, 0.3) is 11.5 Å². The Labute approximate surface area is 174 Å². The molecule has 0 spiro atoms. The number of aromatic nitrogens is 2. The number of amides is 1. The third-order valence-corrected chi connectivity index (χ3v) is 4.46. The van der Waals surface area contributed by atoms with Gasteiger partial charge in [-0.05, 0) is 48.9 Å². The smallest absolute Gasteiger partial charge is 0.264 e. The summed E-state index contributed by atoms with van der Waals surface area (Å²) in [4.78, 5) is 32.0. The van der Waals surface area contributed by atoms with Crippen LogP contribution in [0, 0.1) is 12.7 Å². The molecule has 1 heterocycles. The van der Waals surface area contributed by atoms with Gasteiger partial charge in [-0.25, -0.2) is 9.37 Å². The number of aromatic amines is 1. The number of carbonyl (C=O) groups excluding carboxylic acids is 1. The Kier molecular flexibility index (Phi) is 6.01. The molecule has 2 aromatic carbocycles. The number of carbonyl (C=O) groups is 1. The van der Waals surface area contributed by atoms with E-state index >= 15 is 0 Å². The number of aryl methyl sites for hydroxylation is 1. The van der Waals surface area contributed by atoms with E-state index in [1.165, 1.54) is 12.1 Å². The fraction of sp³-hybridized carbons (Fsp3) is 0.261. The first-order valence-electron chi connectivity index (χ1n) is 9.55. The van der Waals surface area contributed by atoms with E-state index in [0.29, 0.717) is 23.0 Å². The molecule has 0 atom stereocenters. The van der Waals surface area contributed by atoms with E-state index in [1.807, 2.05) is 20.8 Å². The molecule has 3 rings (SSSR count). The molecule has 30 heavy (non-hydrogen) atoms. The van der Waals surface area contributed by atoms with Crippen LogP contribution in [0.4, 0.5) is 4.39 Å². The highest BCUT2D eigenvalue weighted by Gasteiger charge is 2.22. The summed E-state index contributed by atoms with van der Waals surface area (Å²) in [5.41, 5.74) is 0.469. The Balaban J connectivity index is 1.65. The van der Waals surface area contributed by atoms with Crippen molar-refractivity contribution in [2.24, 2.45) is 0 Å². The minimum absolute atomic E-state index is 0.0132. The minimum atomic E-state index is -0.478. The van der Waals surface area contributed by atoms with Crippen molar-refractivity contribution in [3.05, 3.63) is 87.3 Å². The van der Waals surface area contributed by atoms with Gasteiger partial charge in [-0.1, -0.05) is 32.9 Å². The van der Waals surface area contributed by atoms with Crippen molar-refractivity contribution in [3.8, 4) is 11.5 Å². The van der Waals surface area contributed by atoms with Gasteiger partial charge in [-0.3, -0.25) is 9.59 Å². The van der Waals surface area contributed by atoms with E-state index < -0.39 is 11.5 Å². The fourth-order valence-electron chi connectivity index (χ4n) is 2.79. The second-order valence-electron chi connectivity index (χ2n) is 8.01. The monoisotopic (exact) mass is 409 g/mol.